The van der Waals surface area contributed by atoms with Gasteiger partial charge in [-0.3, -0.25) is 29.0 Å². The van der Waals surface area contributed by atoms with Gasteiger partial charge >= 0.3 is 0 Å². The zero-order valence-electron chi connectivity index (χ0n) is 22.2. The average molecular weight is 508 g/mol. The summed E-state index contributed by atoms with van der Waals surface area (Å²) in [7, 11) is 3.10. The smallest absolute Gasteiger partial charge is 0.184 e. The van der Waals surface area contributed by atoms with E-state index in [1.54, 1.807) is 20.3 Å². The first-order valence-electron chi connectivity index (χ1n) is 12.6. The fourth-order valence-corrected chi connectivity index (χ4v) is 5.26. The van der Waals surface area contributed by atoms with Crippen LogP contribution in [0.1, 0.15) is 65.0 Å². The van der Waals surface area contributed by atoms with Gasteiger partial charge in [0.25, 0.3) is 0 Å². The molecule has 37 heavy (non-hydrogen) atoms. The molecule has 196 valence electrons. The molecule has 1 heterocycles. The number of benzene rings is 1. The van der Waals surface area contributed by atoms with Gasteiger partial charge in [-0.25, -0.2) is 0 Å². The Morgan fingerprint density at radius 3 is 2.03 bits per heavy atom. The maximum absolute atomic E-state index is 13.7. The Morgan fingerprint density at radius 2 is 1.49 bits per heavy atom. The Balaban J connectivity index is 1.75. The maximum Gasteiger partial charge on any atom is 0.184 e. The number of methoxy groups -OCH3 is 2. The molecule has 1 aromatic rings. The molecule has 0 N–H and O–H groups in total. The summed E-state index contributed by atoms with van der Waals surface area (Å²) in [4.78, 5) is 71.3. The van der Waals surface area contributed by atoms with Crippen molar-refractivity contribution < 1.29 is 33.4 Å². The fraction of sp³-hybridized carbons (Fsp3) is 0.517. The van der Waals surface area contributed by atoms with Gasteiger partial charge in [0.15, 0.2) is 40.4 Å². The van der Waals surface area contributed by atoms with Crippen LogP contribution >= 0.6 is 0 Å². The number of Topliss-reactive ketones (excluding diaryl/α,β-unsaturated/α-hetero) is 5. The summed E-state index contributed by atoms with van der Waals surface area (Å²) in [5, 5.41) is 0. The molecule has 0 saturated heterocycles. The first kappa shape index (κ1) is 26.6. The second kappa shape index (κ2) is 9.47. The van der Waals surface area contributed by atoms with Crippen LogP contribution in [0.15, 0.2) is 34.8 Å². The number of ketones is 5. The van der Waals surface area contributed by atoms with E-state index in [9.17, 15) is 24.0 Å². The third kappa shape index (κ3) is 4.58. The van der Waals surface area contributed by atoms with Gasteiger partial charge in [-0.05, 0) is 70.7 Å². The molecule has 8 nitrogen and oxygen atoms in total. The Morgan fingerprint density at radius 1 is 0.892 bits per heavy atom. The summed E-state index contributed by atoms with van der Waals surface area (Å²) in [6, 6.07) is 5.17. The van der Waals surface area contributed by atoms with Crippen LogP contribution in [0.3, 0.4) is 0 Å². The Hall–Kier alpha value is -3.42. The molecule has 1 atom stereocenters. The first-order chi connectivity index (χ1) is 17.3. The third-order valence-corrected chi connectivity index (χ3v) is 7.75. The molecule has 1 aromatic carbocycles. The van der Waals surface area contributed by atoms with Gasteiger partial charge in [0.05, 0.1) is 36.7 Å². The van der Waals surface area contributed by atoms with Gasteiger partial charge < -0.3 is 9.47 Å². The van der Waals surface area contributed by atoms with Gasteiger partial charge in [0, 0.05) is 18.1 Å². The largest absolute Gasteiger partial charge is 0.493 e. The van der Waals surface area contributed by atoms with Crippen molar-refractivity contribution in [3.8, 4) is 11.5 Å². The van der Waals surface area contributed by atoms with Crippen molar-refractivity contribution in [1.29, 1.82) is 0 Å². The summed E-state index contributed by atoms with van der Waals surface area (Å²) in [6.45, 7) is 5.74. The van der Waals surface area contributed by atoms with Gasteiger partial charge in [-0.15, -0.1) is 0 Å². The minimum absolute atomic E-state index is 0.0127. The van der Waals surface area contributed by atoms with Crippen LogP contribution in [0.25, 0.3) is 0 Å². The summed E-state index contributed by atoms with van der Waals surface area (Å²) < 4.78 is 10.7. The second-order valence-electron chi connectivity index (χ2n) is 11.1. The number of ether oxygens (including phenoxy) is 2. The van der Waals surface area contributed by atoms with E-state index in [0.717, 1.165) is 18.4 Å². The van der Waals surface area contributed by atoms with Crippen molar-refractivity contribution in [2.45, 2.75) is 59.4 Å². The topological polar surface area (TPSA) is 116 Å². The quantitative estimate of drug-likeness (QED) is 0.424. The van der Waals surface area contributed by atoms with Crippen LogP contribution in [-0.4, -0.2) is 48.8 Å². The zero-order valence-corrected chi connectivity index (χ0v) is 22.2. The number of nitrogens with zero attached hydrogens (tertiary/aromatic N) is 1. The van der Waals surface area contributed by atoms with Crippen LogP contribution in [0.4, 0.5) is 0 Å². The van der Waals surface area contributed by atoms with E-state index in [-0.39, 0.29) is 24.0 Å². The van der Waals surface area contributed by atoms with Crippen molar-refractivity contribution in [2.75, 3.05) is 14.2 Å². The number of hydrogen-bond acceptors (Lipinski definition) is 8. The Labute approximate surface area is 216 Å². The SMILES string of the molecule is COc1ccc(C2CCC(=O)/C(C(=O)C3C(=O)C(C)(C)C(=O)C(C)(C)C3=O)=C\C(C3CC3)=N/2)cc1OC. The molecule has 1 unspecified atom stereocenters. The van der Waals surface area contributed by atoms with Crippen LogP contribution in [0.5, 0.6) is 11.5 Å². The maximum atomic E-state index is 13.7. The lowest BCUT2D eigenvalue weighted by Gasteiger charge is -2.40. The highest BCUT2D eigenvalue weighted by molar-refractivity contribution is 6.41. The highest BCUT2D eigenvalue weighted by Crippen LogP contribution is 2.43. The highest BCUT2D eigenvalue weighted by Gasteiger charge is 2.60. The molecule has 0 spiro atoms. The summed E-state index contributed by atoms with van der Waals surface area (Å²) in [6.07, 6.45) is 3.58. The molecule has 0 radical (unpaired) electrons. The van der Waals surface area contributed by atoms with Crippen molar-refractivity contribution in [3.05, 3.63) is 35.4 Å². The van der Waals surface area contributed by atoms with Crippen molar-refractivity contribution in [2.24, 2.45) is 27.7 Å². The molecule has 0 bridgehead atoms. The minimum Gasteiger partial charge on any atom is -0.493 e. The van der Waals surface area contributed by atoms with Crippen molar-refractivity contribution in [3.63, 3.8) is 0 Å². The molecule has 2 aliphatic carbocycles. The van der Waals surface area contributed by atoms with E-state index in [4.69, 9.17) is 14.5 Å². The van der Waals surface area contributed by atoms with E-state index in [0.29, 0.717) is 23.6 Å². The molecule has 2 fully saturated rings. The van der Waals surface area contributed by atoms with Crippen LogP contribution in [0, 0.1) is 22.7 Å². The number of aliphatic imine (C=N–C) groups is 1. The van der Waals surface area contributed by atoms with Gasteiger partial charge in [0.2, 0.25) is 0 Å². The number of allylic oxidation sites excluding steroid dienone is 2. The normalized spacial score (nSPS) is 26.9. The standard InChI is InChI=1S/C29H33NO7/c1-28(2)25(33)23(26(34)29(3,4)27(28)35)24(32)17-14-19(15-7-8-15)30-18(10-11-20(17)31)16-9-12-21(36-5)22(13-16)37-6/h9,12-15,18,23H,7-8,10-11H2,1-6H3/b17-14+,30-19+. The number of rotatable bonds is 6. The van der Waals surface area contributed by atoms with Gasteiger partial charge in [-0.1, -0.05) is 6.07 Å². The van der Waals surface area contributed by atoms with E-state index in [1.807, 2.05) is 12.1 Å². The van der Waals surface area contributed by atoms with Crippen LogP contribution in [0.2, 0.25) is 0 Å². The lowest BCUT2D eigenvalue weighted by molar-refractivity contribution is -0.161. The highest BCUT2D eigenvalue weighted by atomic mass is 16.5. The molecule has 0 amide bonds. The van der Waals surface area contributed by atoms with Crippen LogP contribution in [-0.2, 0) is 24.0 Å². The summed E-state index contributed by atoms with van der Waals surface area (Å²) >= 11 is 0. The predicted molar refractivity (Wildman–Crippen MR) is 136 cm³/mol. The Kier molecular flexibility index (Phi) is 6.82. The fourth-order valence-electron chi connectivity index (χ4n) is 5.26. The molecule has 4 rings (SSSR count). The molecular weight excluding hydrogens is 474 g/mol. The van der Waals surface area contributed by atoms with E-state index in [2.05, 4.69) is 0 Å². The van der Waals surface area contributed by atoms with Crippen molar-refractivity contribution in [1.82, 2.24) is 0 Å². The number of carbonyl (C=O) groups is 5. The molecule has 8 heteroatoms. The molecule has 3 aliphatic rings. The molecule has 1 aliphatic heterocycles. The predicted octanol–water partition coefficient (Wildman–Crippen LogP) is 3.84. The molecule has 2 saturated carbocycles. The van der Waals surface area contributed by atoms with Crippen molar-refractivity contribution >= 4 is 34.6 Å². The number of carbonyl (C=O) groups excluding carboxylic acids is 5. The lowest BCUT2D eigenvalue weighted by atomic mass is 9.57. The minimum atomic E-state index is -1.68. The Bertz CT molecular complexity index is 1230. The van der Waals surface area contributed by atoms with E-state index >= 15 is 0 Å². The zero-order chi connectivity index (χ0) is 27.3. The van der Waals surface area contributed by atoms with E-state index in [1.165, 1.54) is 33.8 Å². The monoisotopic (exact) mass is 507 g/mol. The molecule has 0 aromatic heterocycles. The van der Waals surface area contributed by atoms with Gasteiger partial charge in [0.1, 0.15) is 5.92 Å². The number of hydrogen-bond donors (Lipinski definition) is 0. The van der Waals surface area contributed by atoms with Gasteiger partial charge in [-0.2, -0.15) is 0 Å². The van der Waals surface area contributed by atoms with E-state index < -0.39 is 45.7 Å². The summed E-state index contributed by atoms with van der Waals surface area (Å²) in [5.74, 6) is -3.73. The summed E-state index contributed by atoms with van der Waals surface area (Å²) in [5.41, 5.74) is -1.72. The lowest BCUT2D eigenvalue weighted by Crippen LogP contribution is -2.59. The average Bonchev–Trinajstić information content (AvgIpc) is 3.70. The van der Waals surface area contributed by atoms with Crippen LogP contribution < -0.4 is 9.47 Å². The second-order valence-corrected chi connectivity index (χ2v) is 11.1. The third-order valence-electron chi connectivity index (χ3n) is 7.75. The first-order valence-corrected chi connectivity index (χ1v) is 12.6. The molecular formula is C29H33NO7.